The third-order valence-electron chi connectivity index (χ3n) is 4.21. The summed E-state index contributed by atoms with van der Waals surface area (Å²) in [6.45, 7) is 1.64. The SMILES string of the molecule is Cc1ccccc1Cc1nc2c(Nc3ccc(CF)cc3)ncnc2s1. The van der Waals surface area contributed by atoms with Crippen LogP contribution in [0.1, 0.15) is 21.7 Å². The van der Waals surface area contributed by atoms with Gasteiger partial charge in [0.2, 0.25) is 0 Å². The van der Waals surface area contributed by atoms with Gasteiger partial charge in [0.25, 0.3) is 0 Å². The molecule has 0 aliphatic heterocycles. The molecule has 0 amide bonds. The van der Waals surface area contributed by atoms with E-state index in [0.29, 0.717) is 11.4 Å². The number of anilines is 2. The van der Waals surface area contributed by atoms with Gasteiger partial charge in [0, 0.05) is 12.1 Å². The number of halogens is 1. The van der Waals surface area contributed by atoms with Gasteiger partial charge >= 0.3 is 0 Å². The summed E-state index contributed by atoms with van der Waals surface area (Å²) < 4.78 is 12.7. The van der Waals surface area contributed by atoms with Crippen LogP contribution in [0.5, 0.6) is 0 Å². The Morgan fingerprint density at radius 3 is 2.62 bits per heavy atom. The van der Waals surface area contributed by atoms with Gasteiger partial charge in [-0.2, -0.15) is 0 Å². The summed E-state index contributed by atoms with van der Waals surface area (Å²) in [7, 11) is 0. The van der Waals surface area contributed by atoms with Crippen molar-refractivity contribution in [3.63, 3.8) is 0 Å². The molecule has 2 heterocycles. The lowest BCUT2D eigenvalue weighted by molar-refractivity contribution is 0.485. The maximum atomic E-state index is 12.7. The zero-order valence-electron chi connectivity index (χ0n) is 14.2. The van der Waals surface area contributed by atoms with Crippen LogP contribution in [0.15, 0.2) is 54.9 Å². The van der Waals surface area contributed by atoms with E-state index in [9.17, 15) is 4.39 Å². The molecule has 26 heavy (non-hydrogen) atoms. The summed E-state index contributed by atoms with van der Waals surface area (Å²) in [6.07, 6.45) is 2.31. The average molecular weight is 364 g/mol. The zero-order valence-corrected chi connectivity index (χ0v) is 15.1. The second-order valence-electron chi connectivity index (χ2n) is 6.04. The van der Waals surface area contributed by atoms with Gasteiger partial charge in [0.1, 0.15) is 23.3 Å². The second-order valence-corrected chi connectivity index (χ2v) is 7.10. The van der Waals surface area contributed by atoms with Crippen molar-refractivity contribution in [3.05, 3.63) is 76.6 Å². The monoisotopic (exact) mass is 364 g/mol. The molecule has 2 aromatic heterocycles. The Balaban J connectivity index is 1.63. The molecule has 2 aromatic carbocycles. The van der Waals surface area contributed by atoms with Crippen LogP contribution in [0.2, 0.25) is 0 Å². The lowest BCUT2D eigenvalue weighted by atomic mass is 10.1. The van der Waals surface area contributed by atoms with Gasteiger partial charge in [-0.25, -0.2) is 19.3 Å². The normalized spacial score (nSPS) is 11.0. The van der Waals surface area contributed by atoms with Crippen molar-refractivity contribution in [2.75, 3.05) is 5.32 Å². The summed E-state index contributed by atoms with van der Waals surface area (Å²) >= 11 is 1.58. The minimum Gasteiger partial charge on any atom is -0.338 e. The molecular weight excluding hydrogens is 347 g/mol. The first-order valence-corrected chi connectivity index (χ1v) is 9.11. The molecule has 0 saturated carbocycles. The number of aromatic nitrogens is 3. The van der Waals surface area contributed by atoms with E-state index in [2.05, 4.69) is 34.3 Å². The number of hydrogen-bond donors (Lipinski definition) is 1. The standard InChI is InChI=1S/C20H17FN4S/c1-13-4-2-3-5-15(13)10-17-25-18-19(22-12-23-20(18)26-17)24-16-8-6-14(11-21)7-9-16/h2-9,12H,10-11H2,1H3,(H,22,23,24). The van der Waals surface area contributed by atoms with Crippen molar-refractivity contribution in [2.45, 2.75) is 20.0 Å². The van der Waals surface area contributed by atoms with Crippen molar-refractivity contribution in [1.82, 2.24) is 15.0 Å². The molecule has 0 fully saturated rings. The molecule has 0 saturated heterocycles. The van der Waals surface area contributed by atoms with Crippen molar-refractivity contribution in [2.24, 2.45) is 0 Å². The minimum atomic E-state index is -0.466. The number of aryl methyl sites for hydroxylation is 1. The molecule has 130 valence electrons. The van der Waals surface area contributed by atoms with E-state index < -0.39 is 6.67 Å². The lowest BCUT2D eigenvalue weighted by Crippen LogP contribution is -1.96. The van der Waals surface area contributed by atoms with Gasteiger partial charge in [-0.3, -0.25) is 0 Å². The fourth-order valence-electron chi connectivity index (χ4n) is 2.75. The number of fused-ring (bicyclic) bond motifs is 1. The number of nitrogens with one attached hydrogen (secondary N) is 1. The Morgan fingerprint density at radius 1 is 1.04 bits per heavy atom. The number of alkyl halides is 1. The van der Waals surface area contributed by atoms with Gasteiger partial charge in [-0.05, 0) is 35.7 Å². The summed E-state index contributed by atoms with van der Waals surface area (Å²) in [5.74, 6) is 0.662. The molecule has 0 spiro atoms. The van der Waals surface area contributed by atoms with E-state index in [0.717, 1.165) is 27.5 Å². The zero-order chi connectivity index (χ0) is 17.9. The minimum absolute atomic E-state index is 0.466. The summed E-state index contributed by atoms with van der Waals surface area (Å²) in [5, 5.41) is 4.26. The molecule has 4 nitrogen and oxygen atoms in total. The molecule has 0 bridgehead atoms. The largest absolute Gasteiger partial charge is 0.338 e. The third kappa shape index (κ3) is 3.41. The van der Waals surface area contributed by atoms with Crippen molar-refractivity contribution >= 4 is 33.2 Å². The van der Waals surface area contributed by atoms with Crippen LogP contribution in [0.3, 0.4) is 0 Å². The van der Waals surface area contributed by atoms with Gasteiger partial charge in [-0.15, -0.1) is 0 Å². The Kier molecular flexibility index (Phi) is 4.58. The quantitative estimate of drug-likeness (QED) is 0.529. The molecular formula is C20H17FN4S. The van der Waals surface area contributed by atoms with Gasteiger partial charge in [-0.1, -0.05) is 47.7 Å². The van der Waals surface area contributed by atoms with Crippen LogP contribution in [-0.2, 0) is 13.1 Å². The summed E-state index contributed by atoms with van der Waals surface area (Å²) in [4.78, 5) is 14.3. The highest BCUT2D eigenvalue weighted by atomic mass is 32.1. The smallest absolute Gasteiger partial charge is 0.161 e. The first-order chi connectivity index (χ1) is 12.7. The van der Waals surface area contributed by atoms with Crippen molar-refractivity contribution < 1.29 is 4.39 Å². The third-order valence-corrected chi connectivity index (χ3v) is 5.18. The average Bonchev–Trinajstić information content (AvgIpc) is 3.08. The van der Waals surface area contributed by atoms with Gasteiger partial charge in [0.15, 0.2) is 5.82 Å². The maximum absolute atomic E-state index is 12.7. The number of benzene rings is 2. The van der Waals surface area contributed by atoms with E-state index in [1.54, 1.807) is 23.5 Å². The van der Waals surface area contributed by atoms with Gasteiger partial charge in [0.05, 0.1) is 5.01 Å². The van der Waals surface area contributed by atoms with Crippen molar-refractivity contribution in [3.8, 4) is 0 Å². The van der Waals surface area contributed by atoms with E-state index in [4.69, 9.17) is 4.98 Å². The predicted molar refractivity (Wildman–Crippen MR) is 104 cm³/mol. The molecule has 0 aliphatic rings. The number of nitrogens with zero attached hydrogens (tertiary/aromatic N) is 3. The molecule has 4 rings (SSSR count). The maximum Gasteiger partial charge on any atom is 0.161 e. The van der Waals surface area contributed by atoms with E-state index in [-0.39, 0.29) is 0 Å². The molecule has 0 aliphatic carbocycles. The van der Waals surface area contributed by atoms with Crippen LogP contribution in [0.4, 0.5) is 15.9 Å². The molecule has 4 aromatic rings. The van der Waals surface area contributed by atoms with E-state index >= 15 is 0 Å². The second kappa shape index (κ2) is 7.17. The molecule has 1 N–H and O–H groups in total. The number of thiazole rings is 1. The predicted octanol–water partition coefficient (Wildman–Crippen LogP) is 5.20. The van der Waals surface area contributed by atoms with Crippen molar-refractivity contribution in [1.29, 1.82) is 0 Å². The number of rotatable bonds is 5. The highest BCUT2D eigenvalue weighted by molar-refractivity contribution is 7.18. The first kappa shape index (κ1) is 16.6. The molecule has 6 heteroatoms. The Bertz CT molecular complexity index is 1040. The van der Waals surface area contributed by atoms with Crippen LogP contribution < -0.4 is 5.32 Å². The topological polar surface area (TPSA) is 50.7 Å². The Labute approximate surface area is 154 Å². The number of hydrogen-bond acceptors (Lipinski definition) is 5. The Hall–Kier alpha value is -2.86. The highest BCUT2D eigenvalue weighted by Gasteiger charge is 2.12. The highest BCUT2D eigenvalue weighted by Crippen LogP contribution is 2.28. The van der Waals surface area contributed by atoms with Crippen LogP contribution in [0.25, 0.3) is 10.3 Å². The molecule has 0 atom stereocenters. The van der Waals surface area contributed by atoms with Crippen LogP contribution in [0, 0.1) is 6.92 Å². The van der Waals surface area contributed by atoms with E-state index in [1.807, 2.05) is 24.3 Å². The van der Waals surface area contributed by atoms with E-state index in [1.165, 1.54) is 17.5 Å². The first-order valence-electron chi connectivity index (χ1n) is 8.30. The molecule has 0 radical (unpaired) electrons. The lowest BCUT2D eigenvalue weighted by Gasteiger charge is -2.06. The fraction of sp³-hybridized carbons (Fsp3) is 0.150. The van der Waals surface area contributed by atoms with Crippen LogP contribution in [-0.4, -0.2) is 15.0 Å². The summed E-state index contributed by atoms with van der Waals surface area (Å²) in [5.41, 5.74) is 4.77. The molecule has 0 unspecified atom stereocenters. The fourth-order valence-corrected chi connectivity index (χ4v) is 3.68. The van der Waals surface area contributed by atoms with Gasteiger partial charge < -0.3 is 5.32 Å². The van der Waals surface area contributed by atoms with Crippen LogP contribution >= 0.6 is 11.3 Å². The summed E-state index contributed by atoms with van der Waals surface area (Å²) in [6, 6.07) is 15.5. The Morgan fingerprint density at radius 2 is 1.85 bits per heavy atom.